The number of hydrogen-bond donors (Lipinski definition) is 3. The third-order valence-electron chi connectivity index (χ3n) is 2.41. The molecule has 0 spiro atoms. The van der Waals surface area contributed by atoms with Gasteiger partial charge in [0.1, 0.15) is 6.04 Å². The van der Waals surface area contributed by atoms with E-state index in [2.05, 4.69) is 15.7 Å². The van der Waals surface area contributed by atoms with Gasteiger partial charge in [0.05, 0.1) is 5.69 Å². The molecule has 0 aliphatic carbocycles. The zero-order chi connectivity index (χ0) is 11.7. The fourth-order valence-electron chi connectivity index (χ4n) is 1.62. The maximum atomic E-state index is 11.5. The van der Waals surface area contributed by atoms with E-state index in [1.165, 1.54) is 0 Å². The predicted molar refractivity (Wildman–Crippen MR) is 57.4 cm³/mol. The summed E-state index contributed by atoms with van der Waals surface area (Å²) in [7, 11) is 1.74. The van der Waals surface area contributed by atoms with Crippen LogP contribution in [0.15, 0.2) is 6.20 Å². The lowest BCUT2D eigenvalue weighted by Gasteiger charge is -2.21. The van der Waals surface area contributed by atoms with E-state index in [-0.39, 0.29) is 11.8 Å². The lowest BCUT2D eigenvalue weighted by atomic mass is 10.1. The molecule has 86 valence electrons. The number of aryl methyl sites for hydroxylation is 1. The van der Waals surface area contributed by atoms with Crippen LogP contribution in [0.1, 0.15) is 12.8 Å². The van der Waals surface area contributed by atoms with Crippen LogP contribution in [0.3, 0.4) is 0 Å². The third-order valence-corrected chi connectivity index (χ3v) is 2.41. The van der Waals surface area contributed by atoms with E-state index in [0.717, 1.165) is 0 Å². The first-order valence-electron chi connectivity index (χ1n) is 4.95. The molecule has 0 bridgehead atoms. The van der Waals surface area contributed by atoms with Crippen molar-refractivity contribution >= 4 is 23.3 Å². The van der Waals surface area contributed by atoms with Gasteiger partial charge in [-0.3, -0.25) is 19.6 Å². The van der Waals surface area contributed by atoms with Crippen LogP contribution < -0.4 is 16.4 Å². The molecule has 7 nitrogen and oxygen atoms in total. The molecule has 1 atom stereocenters. The Kier molecular flexibility index (Phi) is 2.51. The topological polar surface area (TPSA) is 102 Å². The number of piperidine rings is 1. The molecular formula is C9H13N5O2. The molecule has 2 heterocycles. The van der Waals surface area contributed by atoms with Crippen molar-refractivity contribution in [1.29, 1.82) is 0 Å². The van der Waals surface area contributed by atoms with Crippen molar-refractivity contribution in [2.45, 2.75) is 18.9 Å². The SMILES string of the molecule is Cn1cc(N)c(NC2CCC(=O)NC2=O)n1. The van der Waals surface area contributed by atoms with Crippen molar-refractivity contribution in [1.82, 2.24) is 15.1 Å². The second-order valence-corrected chi connectivity index (χ2v) is 3.75. The highest BCUT2D eigenvalue weighted by atomic mass is 16.2. The molecule has 4 N–H and O–H groups in total. The van der Waals surface area contributed by atoms with Crippen LogP contribution in [0.4, 0.5) is 11.5 Å². The number of imide groups is 1. The Hall–Kier alpha value is -2.05. The maximum Gasteiger partial charge on any atom is 0.249 e. The monoisotopic (exact) mass is 223 g/mol. The largest absolute Gasteiger partial charge is 0.394 e. The molecule has 1 aliphatic rings. The number of rotatable bonds is 2. The summed E-state index contributed by atoms with van der Waals surface area (Å²) in [4.78, 5) is 22.4. The van der Waals surface area contributed by atoms with E-state index >= 15 is 0 Å². The van der Waals surface area contributed by atoms with Crippen LogP contribution in [-0.4, -0.2) is 27.6 Å². The molecule has 7 heteroatoms. The Labute approximate surface area is 92.0 Å². The molecule has 0 saturated carbocycles. The Balaban J connectivity index is 2.07. The van der Waals surface area contributed by atoms with Crippen LogP contribution in [0.25, 0.3) is 0 Å². The fourth-order valence-corrected chi connectivity index (χ4v) is 1.62. The number of nitrogens with one attached hydrogen (secondary N) is 2. The van der Waals surface area contributed by atoms with Gasteiger partial charge < -0.3 is 11.1 Å². The van der Waals surface area contributed by atoms with Gasteiger partial charge in [0.15, 0.2) is 5.82 Å². The summed E-state index contributed by atoms with van der Waals surface area (Å²) in [5.74, 6) is -0.102. The predicted octanol–water partition coefficient (Wildman–Crippen LogP) is -0.781. The molecule has 1 saturated heterocycles. The van der Waals surface area contributed by atoms with Crippen LogP contribution in [-0.2, 0) is 16.6 Å². The zero-order valence-corrected chi connectivity index (χ0v) is 8.86. The van der Waals surface area contributed by atoms with Crippen LogP contribution in [0, 0.1) is 0 Å². The number of nitrogen functional groups attached to an aromatic ring is 1. The molecule has 1 aliphatic heterocycles. The van der Waals surface area contributed by atoms with Crippen molar-refractivity contribution in [3.63, 3.8) is 0 Å². The summed E-state index contributed by atoms with van der Waals surface area (Å²) in [5.41, 5.74) is 6.17. The fraction of sp³-hybridized carbons (Fsp3) is 0.444. The summed E-state index contributed by atoms with van der Waals surface area (Å²) in [5, 5.41) is 9.25. The second kappa shape index (κ2) is 3.84. The summed E-state index contributed by atoms with van der Waals surface area (Å²) in [6, 6.07) is -0.449. The highest BCUT2D eigenvalue weighted by Crippen LogP contribution is 2.18. The quantitative estimate of drug-likeness (QED) is 0.571. The van der Waals surface area contributed by atoms with Crippen LogP contribution in [0.2, 0.25) is 0 Å². The Morgan fingerprint density at radius 3 is 2.94 bits per heavy atom. The number of carbonyl (C=O) groups excluding carboxylic acids is 2. The second-order valence-electron chi connectivity index (χ2n) is 3.75. The van der Waals surface area contributed by atoms with Gasteiger partial charge in [-0.2, -0.15) is 5.10 Å². The van der Waals surface area contributed by atoms with Gasteiger partial charge in [-0.25, -0.2) is 0 Å². The van der Waals surface area contributed by atoms with Gasteiger partial charge >= 0.3 is 0 Å². The highest BCUT2D eigenvalue weighted by molar-refractivity contribution is 6.01. The van der Waals surface area contributed by atoms with E-state index in [9.17, 15) is 9.59 Å². The average molecular weight is 223 g/mol. The molecule has 0 radical (unpaired) electrons. The van der Waals surface area contributed by atoms with E-state index < -0.39 is 6.04 Å². The van der Waals surface area contributed by atoms with Gasteiger partial charge in [-0.15, -0.1) is 0 Å². The first-order chi connectivity index (χ1) is 7.56. The van der Waals surface area contributed by atoms with Gasteiger partial charge in [0, 0.05) is 19.7 Å². The minimum absolute atomic E-state index is 0.239. The first-order valence-corrected chi connectivity index (χ1v) is 4.95. The van der Waals surface area contributed by atoms with Gasteiger partial charge in [0.25, 0.3) is 0 Å². The van der Waals surface area contributed by atoms with E-state index in [1.807, 2.05) is 0 Å². The summed E-state index contributed by atoms with van der Waals surface area (Å²) in [6.45, 7) is 0. The van der Waals surface area contributed by atoms with Crippen molar-refractivity contribution in [2.24, 2.45) is 7.05 Å². The minimum atomic E-state index is -0.449. The van der Waals surface area contributed by atoms with Crippen LogP contribution >= 0.6 is 0 Å². The summed E-state index contributed by atoms with van der Waals surface area (Å²) >= 11 is 0. The lowest BCUT2D eigenvalue weighted by Crippen LogP contribution is -2.47. The molecule has 1 aromatic heterocycles. The van der Waals surface area contributed by atoms with E-state index in [4.69, 9.17) is 5.73 Å². The molecule has 1 fully saturated rings. The smallest absolute Gasteiger partial charge is 0.249 e. The molecule has 1 aromatic rings. The number of nitrogens with two attached hydrogens (primary N) is 1. The molecular weight excluding hydrogens is 210 g/mol. The summed E-state index contributed by atoms with van der Waals surface area (Å²) in [6.07, 6.45) is 2.44. The number of nitrogens with zero attached hydrogens (tertiary/aromatic N) is 2. The zero-order valence-electron chi connectivity index (χ0n) is 8.86. The number of anilines is 2. The van der Waals surface area contributed by atoms with Crippen LogP contribution in [0.5, 0.6) is 0 Å². The van der Waals surface area contributed by atoms with E-state index in [0.29, 0.717) is 24.3 Å². The van der Waals surface area contributed by atoms with Crippen molar-refractivity contribution in [3.05, 3.63) is 6.20 Å². The number of amides is 2. The van der Waals surface area contributed by atoms with Crippen molar-refractivity contribution < 1.29 is 9.59 Å². The van der Waals surface area contributed by atoms with Gasteiger partial charge in [-0.05, 0) is 6.42 Å². The van der Waals surface area contributed by atoms with E-state index in [1.54, 1.807) is 17.9 Å². The van der Waals surface area contributed by atoms with Crippen molar-refractivity contribution in [2.75, 3.05) is 11.1 Å². The average Bonchev–Trinajstić information content (AvgIpc) is 2.50. The number of hydrogen-bond acceptors (Lipinski definition) is 5. The Morgan fingerprint density at radius 1 is 1.62 bits per heavy atom. The molecule has 16 heavy (non-hydrogen) atoms. The molecule has 2 amide bonds. The third kappa shape index (κ3) is 1.97. The normalized spacial score (nSPS) is 20.7. The Morgan fingerprint density at radius 2 is 2.38 bits per heavy atom. The molecule has 2 rings (SSSR count). The molecule has 0 aromatic carbocycles. The number of aromatic nitrogens is 2. The molecule has 1 unspecified atom stereocenters. The lowest BCUT2D eigenvalue weighted by molar-refractivity contribution is -0.133. The number of carbonyl (C=O) groups is 2. The highest BCUT2D eigenvalue weighted by Gasteiger charge is 2.27. The van der Waals surface area contributed by atoms with Gasteiger partial charge in [-0.1, -0.05) is 0 Å². The minimum Gasteiger partial charge on any atom is -0.394 e. The Bertz CT molecular complexity index is 439. The van der Waals surface area contributed by atoms with Gasteiger partial charge in [0.2, 0.25) is 11.8 Å². The first kappa shape index (κ1) is 10.5. The summed E-state index contributed by atoms with van der Waals surface area (Å²) < 4.78 is 1.56. The van der Waals surface area contributed by atoms with Crippen molar-refractivity contribution in [3.8, 4) is 0 Å². The maximum absolute atomic E-state index is 11.5. The standard InChI is InChI=1S/C9H13N5O2/c1-14-4-5(10)8(13-14)11-6-2-3-7(15)12-9(6)16/h4,6H,2-3,10H2,1H3,(H,11,13)(H,12,15,16).